The number of aryl methyl sites for hydroxylation is 2. The number of imidazole rings is 1. The van der Waals surface area contributed by atoms with Gasteiger partial charge < -0.3 is 9.47 Å². The van der Waals surface area contributed by atoms with Crippen molar-refractivity contribution >= 4 is 22.8 Å². The largest absolute Gasteiger partial charge is 0.314 e. The number of rotatable bonds is 5. The van der Waals surface area contributed by atoms with Crippen molar-refractivity contribution in [3.8, 4) is 22.6 Å². The summed E-state index contributed by atoms with van der Waals surface area (Å²) < 4.78 is 2.05. The highest BCUT2D eigenvalue weighted by Crippen LogP contribution is 2.45. The Morgan fingerprint density at radius 2 is 1.70 bits per heavy atom. The zero-order valence-corrected chi connectivity index (χ0v) is 21.3. The first-order chi connectivity index (χ1) is 17.9. The fourth-order valence-corrected chi connectivity index (χ4v) is 5.36. The Balaban J connectivity index is 1.50. The molecule has 0 saturated carbocycles. The van der Waals surface area contributed by atoms with Crippen LogP contribution in [0.2, 0.25) is 0 Å². The third-order valence-corrected chi connectivity index (χ3v) is 7.29. The number of likely N-dealkylation sites (N-methyl/N-ethyl adjacent to an activating group) is 1. The molecule has 3 aromatic heterocycles. The van der Waals surface area contributed by atoms with E-state index in [4.69, 9.17) is 4.98 Å². The maximum Gasteiger partial charge on any atom is 0.237 e. The molecule has 1 aliphatic heterocycles. The summed E-state index contributed by atoms with van der Waals surface area (Å²) in [6, 6.07) is 16.3. The molecule has 6 rings (SSSR count). The Morgan fingerprint density at radius 3 is 2.43 bits per heavy atom. The maximum absolute atomic E-state index is 13.5. The van der Waals surface area contributed by atoms with Gasteiger partial charge in [-0.3, -0.25) is 4.79 Å². The number of fused-ring (bicyclic) bond motifs is 2. The number of hydrogen-bond donors (Lipinski definition) is 0. The number of nitrogens with zero attached hydrogens (tertiary/aromatic N) is 7. The molecule has 0 fully saturated rings. The Morgan fingerprint density at radius 1 is 0.946 bits per heavy atom. The molecule has 8 nitrogen and oxygen atoms in total. The molecule has 184 valence electrons. The van der Waals surface area contributed by atoms with Crippen LogP contribution in [-0.4, -0.2) is 42.4 Å². The van der Waals surface area contributed by atoms with Crippen LogP contribution in [0.15, 0.2) is 67.3 Å². The van der Waals surface area contributed by atoms with E-state index in [2.05, 4.69) is 49.6 Å². The fourth-order valence-electron chi connectivity index (χ4n) is 5.36. The second-order valence-electron chi connectivity index (χ2n) is 9.68. The van der Waals surface area contributed by atoms with Crippen molar-refractivity contribution in [2.75, 3.05) is 11.9 Å². The zero-order valence-electron chi connectivity index (χ0n) is 21.3. The Hall–Kier alpha value is -4.46. The number of carbonyl (C=O) groups is 1. The van der Waals surface area contributed by atoms with E-state index in [9.17, 15) is 4.79 Å². The van der Waals surface area contributed by atoms with E-state index in [-0.39, 0.29) is 5.91 Å². The van der Waals surface area contributed by atoms with Gasteiger partial charge in [-0.15, -0.1) is 0 Å². The van der Waals surface area contributed by atoms with Gasteiger partial charge in [0.05, 0.1) is 11.0 Å². The van der Waals surface area contributed by atoms with Gasteiger partial charge in [-0.2, -0.15) is 0 Å². The molecule has 0 N–H and O–H groups in total. The van der Waals surface area contributed by atoms with E-state index < -0.39 is 5.41 Å². The first kappa shape index (κ1) is 23.0. The third-order valence-electron chi connectivity index (χ3n) is 7.29. The Labute approximate surface area is 215 Å². The van der Waals surface area contributed by atoms with Gasteiger partial charge in [0.25, 0.3) is 0 Å². The normalized spacial score (nSPS) is 17.0. The minimum atomic E-state index is -0.680. The van der Waals surface area contributed by atoms with Crippen molar-refractivity contribution in [2.24, 2.45) is 0 Å². The van der Waals surface area contributed by atoms with Crippen molar-refractivity contribution in [2.45, 2.75) is 39.2 Å². The third kappa shape index (κ3) is 3.59. The van der Waals surface area contributed by atoms with Crippen LogP contribution in [0.1, 0.15) is 30.8 Å². The van der Waals surface area contributed by atoms with Gasteiger partial charge in [-0.1, -0.05) is 36.4 Å². The quantitative estimate of drug-likeness (QED) is 0.354. The number of carbonyl (C=O) groups excluding carboxylic acids is 1. The van der Waals surface area contributed by atoms with Crippen LogP contribution in [0.3, 0.4) is 0 Å². The van der Waals surface area contributed by atoms with Gasteiger partial charge in [0, 0.05) is 37.2 Å². The van der Waals surface area contributed by atoms with Gasteiger partial charge in [-0.25, -0.2) is 24.9 Å². The first-order valence-corrected chi connectivity index (χ1v) is 12.4. The maximum atomic E-state index is 13.5. The number of anilines is 1. The number of amides is 1. The molecule has 2 aromatic carbocycles. The van der Waals surface area contributed by atoms with Crippen molar-refractivity contribution in [3.63, 3.8) is 0 Å². The number of hydrogen-bond acceptors (Lipinski definition) is 6. The topological polar surface area (TPSA) is 89.7 Å². The molecule has 0 spiro atoms. The lowest BCUT2D eigenvalue weighted by atomic mass is 9.77. The van der Waals surface area contributed by atoms with Crippen LogP contribution in [0, 0.1) is 6.92 Å². The van der Waals surface area contributed by atoms with Crippen molar-refractivity contribution in [1.82, 2.24) is 29.5 Å². The molecule has 1 aliphatic rings. The average molecular weight is 490 g/mol. The van der Waals surface area contributed by atoms with E-state index in [1.54, 1.807) is 23.6 Å². The van der Waals surface area contributed by atoms with Crippen molar-refractivity contribution < 1.29 is 4.79 Å². The van der Waals surface area contributed by atoms with E-state index >= 15 is 0 Å². The SMILES string of the molecule is CCn1c(-c2cnc(C)nc2)nc2c(-c3ccc4c(c3)[C@](C)(Cc3ccccc3)C(=O)N4C)ncnc21. The van der Waals surface area contributed by atoms with E-state index in [1.807, 2.05) is 51.2 Å². The minimum absolute atomic E-state index is 0.0910. The van der Waals surface area contributed by atoms with Crippen LogP contribution in [0.4, 0.5) is 5.69 Å². The predicted octanol–water partition coefficient (Wildman–Crippen LogP) is 4.76. The fraction of sp³-hybridized carbons (Fsp3) is 0.241. The molecular weight excluding hydrogens is 462 g/mol. The smallest absolute Gasteiger partial charge is 0.237 e. The lowest BCUT2D eigenvalue weighted by Crippen LogP contribution is -2.37. The number of aromatic nitrogens is 6. The summed E-state index contributed by atoms with van der Waals surface area (Å²) in [6.45, 7) is 6.64. The summed E-state index contributed by atoms with van der Waals surface area (Å²) in [4.78, 5) is 38.1. The summed E-state index contributed by atoms with van der Waals surface area (Å²) in [5, 5.41) is 0. The first-order valence-electron chi connectivity index (χ1n) is 12.4. The van der Waals surface area contributed by atoms with E-state index in [0.29, 0.717) is 24.3 Å². The van der Waals surface area contributed by atoms with Crippen LogP contribution in [0.5, 0.6) is 0 Å². The number of benzene rings is 2. The standard InChI is InChI=1S/C29H27N7O/c1-5-36-26(21-15-30-18(2)31-16-21)34-25-24(32-17-33-27(25)36)20-11-12-23-22(13-20)29(3,28(37)35(23)4)14-19-9-7-6-8-10-19/h6-13,15-17H,5,14H2,1-4H3/t29-/m0/s1. The Kier molecular flexibility index (Phi) is 5.33. The molecular formula is C29H27N7O. The highest BCUT2D eigenvalue weighted by atomic mass is 16.2. The van der Waals surface area contributed by atoms with Gasteiger partial charge in [-0.05, 0) is 50.5 Å². The van der Waals surface area contributed by atoms with E-state index in [0.717, 1.165) is 45.1 Å². The molecule has 0 aliphatic carbocycles. The molecule has 0 radical (unpaired) electrons. The summed E-state index contributed by atoms with van der Waals surface area (Å²) in [6.07, 6.45) is 5.77. The van der Waals surface area contributed by atoms with Crippen LogP contribution >= 0.6 is 0 Å². The van der Waals surface area contributed by atoms with Gasteiger partial charge >= 0.3 is 0 Å². The lowest BCUT2D eigenvalue weighted by molar-refractivity contribution is -0.122. The second-order valence-corrected chi connectivity index (χ2v) is 9.68. The molecule has 5 aromatic rings. The average Bonchev–Trinajstić information content (AvgIpc) is 3.39. The Bertz CT molecular complexity index is 1640. The van der Waals surface area contributed by atoms with Crippen molar-refractivity contribution in [3.05, 3.63) is 84.2 Å². The van der Waals surface area contributed by atoms with Gasteiger partial charge in [0.2, 0.25) is 5.91 Å². The highest BCUT2D eigenvalue weighted by molar-refractivity contribution is 6.08. The minimum Gasteiger partial charge on any atom is -0.314 e. The summed E-state index contributed by atoms with van der Waals surface area (Å²) in [5.41, 5.74) is 6.30. The molecule has 0 unspecified atom stereocenters. The molecule has 1 amide bonds. The summed E-state index contributed by atoms with van der Waals surface area (Å²) >= 11 is 0. The summed E-state index contributed by atoms with van der Waals surface area (Å²) in [5.74, 6) is 1.55. The zero-order chi connectivity index (χ0) is 25.7. The molecule has 1 atom stereocenters. The molecule has 0 bridgehead atoms. The van der Waals surface area contributed by atoms with Crippen molar-refractivity contribution in [1.29, 1.82) is 0 Å². The van der Waals surface area contributed by atoms with Gasteiger partial charge in [0.1, 0.15) is 29.2 Å². The molecule has 0 saturated heterocycles. The van der Waals surface area contributed by atoms with Crippen LogP contribution in [0.25, 0.3) is 33.8 Å². The molecule has 8 heteroatoms. The molecule has 4 heterocycles. The molecule has 37 heavy (non-hydrogen) atoms. The van der Waals surface area contributed by atoms with E-state index in [1.165, 1.54) is 0 Å². The summed E-state index contributed by atoms with van der Waals surface area (Å²) in [7, 11) is 1.85. The predicted molar refractivity (Wildman–Crippen MR) is 143 cm³/mol. The van der Waals surface area contributed by atoms with Crippen LogP contribution in [-0.2, 0) is 23.2 Å². The van der Waals surface area contributed by atoms with Crippen LogP contribution < -0.4 is 4.90 Å². The monoisotopic (exact) mass is 489 g/mol. The highest BCUT2D eigenvalue weighted by Gasteiger charge is 2.46. The lowest BCUT2D eigenvalue weighted by Gasteiger charge is -2.23. The second kappa shape index (κ2) is 8.58. The van der Waals surface area contributed by atoms with Gasteiger partial charge in [0.15, 0.2) is 5.65 Å².